The van der Waals surface area contributed by atoms with Gasteiger partial charge in [-0.2, -0.15) is 0 Å². The van der Waals surface area contributed by atoms with Gasteiger partial charge in [-0.25, -0.2) is 0 Å². The van der Waals surface area contributed by atoms with Crippen LogP contribution >= 0.6 is 0 Å². The number of pyridine rings is 1. The van der Waals surface area contributed by atoms with E-state index in [1.807, 2.05) is 6.07 Å². The second-order valence-electron chi connectivity index (χ2n) is 3.80. The van der Waals surface area contributed by atoms with Gasteiger partial charge in [0.15, 0.2) is 0 Å². The third kappa shape index (κ3) is 2.67. The maximum Gasteiger partial charge on any atom is 0.0703 e. The molecule has 1 aliphatic rings. The monoisotopic (exact) mass is 208 g/mol. The summed E-state index contributed by atoms with van der Waals surface area (Å²) in [7, 11) is 0. The number of hydrogen-bond acceptors (Lipinski definition) is 4. The Morgan fingerprint density at radius 3 is 3.27 bits per heavy atom. The number of nitrogens with one attached hydrogen (secondary N) is 1. The lowest BCUT2D eigenvalue weighted by molar-refractivity contribution is 0.187. The molecule has 2 heterocycles. The molecular formula is C11H16N2O2. The van der Waals surface area contributed by atoms with Gasteiger partial charge < -0.3 is 15.2 Å². The molecule has 1 atom stereocenters. The van der Waals surface area contributed by atoms with Gasteiger partial charge in [0, 0.05) is 30.8 Å². The first kappa shape index (κ1) is 10.4. The zero-order valence-corrected chi connectivity index (χ0v) is 8.65. The summed E-state index contributed by atoms with van der Waals surface area (Å²) in [4.78, 5) is 4.03. The highest BCUT2D eigenvalue weighted by Gasteiger charge is 2.15. The first-order valence-electron chi connectivity index (χ1n) is 5.25. The van der Waals surface area contributed by atoms with Crippen molar-refractivity contribution in [2.45, 2.75) is 13.0 Å². The quantitative estimate of drug-likeness (QED) is 0.775. The third-order valence-corrected chi connectivity index (χ3v) is 2.69. The van der Waals surface area contributed by atoms with Crippen molar-refractivity contribution in [2.75, 3.05) is 25.1 Å². The second-order valence-corrected chi connectivity index (χ2v) is 3.80. The average Bonchev–Trinajstić information content (AvgIpc) is 2.79. The molecule has 1 saturated heterocycles. The van der Waals surface area contributed by atoms with Crippen molar-refractivity contribution in [2.24, 2.45) is 5.92 Å². The van der Waals surface area contributed by atoms with Gasteiger partial charge in [0.1, 0.15) is 0 Å². The summed E-state index contributed by atoms with van der Waals surface area (Å²) in [6.07, 6.45) is 4.55. The lowest BCUT2D eigenvalue weighted by atomic mass is 10.1. The zero-order chi connectivity index (χ0) is 10.5. The molecule has 1 aromatic heterocycles. The molecule has 82 valence electrons. The van der Waals surface area contributed by atoms with Crippen molar-refractivity contribution in [1.29, 1.82) is 0 Å². The van der Waals surface area contributed by atoms with E-state index in [0.717, 1.165) is 37.4 Å². The predicted molar refractivity (Wildman–Crippen MR) is 57.6 cm³/mol. The van der Waals surface area contributed by atoms with Crippen LogP contribution in [0, 0.1) is 5.92 Å². The summed E-state index contributed by atoms with van der Waals surface area (Å²) in [5.41, 5.74) is 1.82. The number of anilines is 1. The second kappa shape index (κ2) is 5.09. The van der Waals surface area contributed by atoms with Crippen LogP contribution in [-0.2, 0) is 11.3 Å². The van der Waals surface area contributed by atoms with E-state index in [2.05, 4.69) is 10.3 Å². The predicted octanol–water partition coefficient (Wildman–Crippen LogP) is 1.02. The maximum atomic E-state index is 9.12. The summed E-state index contributed by atoms with van der Waals surface area (Å²) in [5, 5.41) is 12.4. The smallest absolute Gasteiger partial charge is 0.0703 e. The number of nitrogens with zero attached hydrogens (tertiary/aromatic N) is 1. The van der Waals surface area contributed by atoms with Crippen molar-refractivity contribution < 1.29 is 9.84 Å². The van der Waals surface area contributed by atoms with Crippen molar-refractivity contribution in [3.63, 3.8) is 0 Å². The molecule has 4 heteroatoms. The van der Waals surface area contributed by atoms with E-state index in [1.165, 1.54) is 0 Å². The van der Waals surface area contributed by atoms with Gasteiger partial charge in [-0.1, -0.05) is 0 Å². The maximum absolute atomic E-state index is 9.12. The van der Waals surface area contributed by atoms with E-state index >= 15 is 0 Å². The Hall–Kier alpha value is -1.13. The van der Waals surface area contributed by atoms with Gasteiger partial charge in [-0.15, -0.1) is 0 Å². The van der Waals surface area contributed by atoms with Crippen molar-refractivity contribution in [3.8, 4) is 0 Å². The third-order valence-electron chi connectivity index (χ3n) is 2.69. The van der Waals surface area contributed by atoms with Gasteiger partial charge in [-0.3, -0.25) is 4.98 Å². The van der Waals surface area contributed by atoms with Crippen LogP contribution in [-0.4, -0.2) is 29.8 Å². The van der Waals surface area contributed by atoms with E-state index in [0.29, 0.717) is 5.92 Å². The van der Waals surface area contributed by atoms with E-state index in [9.17, 15) is 0 Å². The van der Waals surface area contributed by atoms with Crippen LogP contribution < -0.4 is 5.32 Å². The summed E-state index contributed by atoms with van der Waals surface area (Å²) in [5.74, 6) is 0.580. The molecule has 0 spiro atoms. The molecule has 15 heavy (non-hydrogen) atoms. The Balaban J connectivity index is 1.91. The molecule has 1 fully saturated rings. The highest BCUT2D eigenvalue weighted by atomic mass is 16.5. The fourth-order valence-corrected chi connectivity index (χ4v) is 1.72. The number of ether oxygens (including phenoxy) is 1. The lowest BCUT2D eigenvalue weighted by Gasteiger charge is -2.12. The van der Waals surface area contributed by atoms with Gasteiger partial charge in [-0.05, 0) is 12.5 Å². The Morgan fingerprint density at radius 2 is 2.53 bits per heavy atom. The molecule has 0 radical (unpaired) electrons. The van der Waals surface area contributed by atoms with Crippen LogP contribution in [0.25, 0.3) is 0 Å². The number of aliphatic hydroxyl groups excluding tert-OH is 1. The lowest BCUT2D eigenvalue weighted by Crippen LogP contribution is -2.15. The number of hydrogen-bond donors (Lipinski definition) is 2. The SMILES string of the molecule is OCc1ccncc1NCC1CCOC1. The minimum atomic E-state index is 0.0476. The Morgan fingerprint density at radius 1 is 1.60 bits per heavy atom. The topological polar surface area (TPSA) is 54.4 Å². The molecular weight excluding hydrogens is 192 g/mol. The van der Waals surface area contributed by atoms with Crippen molar-refractivity contribution >= 4 is 5.69 Å². The van der Waals surface area contributed by atoms with E-state index in [-0.39, 0.29) is 6.61 Å². The highest BCUT2D eigenvalue weighted by molar-refractivity contribution is 5.48. The first-order valence-corrected chi connectivity index (χ1v) is 5.25. The fourth-order valence-electron chi connectivity index (χ4n) is 1.72. The van der Waals surface area contributed by atoms with E-state index < -0.39 is 0 Å². The fraction of sp³-hybridized carbons (Fsp3) is 0.545. The number of rotatable bonds is 4. The normalized spacial score (nSPS) is 20.5. The van der Waals surface area contributed by atoms with Crippen LogP contribution in [0.4, 0.5) is 5.69 Å². The molecule has 0 aliphatic carbocycles. The Kier molecular flexibility index (Phi) is 3.53. The molecule has 0 bridgehead atoms. The molecule has 4 nitrogen and oxygen atoms in total. The highest BCUT2D eigenvalue weighted by Crippen LogP contribution is 2.16. The van der Waals surface area contributed by atoms with Crippen LogP contribution in [0.15, 0.2) is 18.5 Å². The minimum Gasteiger partial charge on any atom is -0.392 e. The van der Waals surface area contributed by atoms with Crippen LogP contribution in [0.1, 0.15) is 12.0 Å². The van der Waals surface area contributed by atoms with E-state index in [1.54, 1.807) is 12.4 Å². The van der Waals surface area contributed by atoms with Crippen molar-refractivity contribution in [1.82, 2.24) is 4.98 Å². The molecule has 1 aliphatic heterocycles. The molecule has 2 rings (SSSR count). The largest absolute Gasteiger partial charge is 0.392 e. The summed E-state index contributed by atoms with van der Waals surface area (Å²) < 4.78 is 5.30. The Bertz CT molecular complexity index is 311. The molecule has 0 amide bonds. The Labute approximate surface area is 89.3 Å². The summed E-state index contributed by atoms with van der Waals surface area (Å²) >= 11 is 0. The van der Waals surface area contributed by atoms with Crippen LogP contribution in [0.3, 0.4) is 0 Å². The minimum absolute atomic E-state index is 0.0476. The molecule has 1 unspecified atom stereocenters. The zero-order valence-electron chi connectivity index (χ0n) is 8.65. The van der Waals surface area contributed by atoms with Gasteiger partial charge in [0.25, 0.3) is 0 Å². The number of aromatic nitrogens is 1. The van der Waals surface area contributed by atoms with Gasteiger partial charge >= 0.3 is 0 Å². The summed E-state index contributed by atoms with van der Waals surface area (Å²) in [6.45, 7) is 2.64. The number of aliphatic hydroxyl groups is 1. The van der Waals surface area contributed by atoms with Crippen molar-refractivity contribution in [3.05, 3.63) is 24.0 Å². The van der Waals surface area contributed by atoms with Crippen LogP contribution in [0.2, 0.25) is 0 Å². The summed E-state index contributed by atoms with van der Waals surface area (Å²) in [6, 6.07) is 1.83. The standard InChI is InChI=1S/C11H16N2O2/c14-7-10-1-3-12-6-11(10)13-5-9-2-4-15-8-9/h1,3,6,9,13-14H,2,4-5,7-8H2. The van der Waals surface area contributed by atoms with E-state index in [4.69, 9.17) is 9.84 Å². The molecule has 2 N–H and O–H groups in total. The van der Waals surface area contributed by atoms with Gasteiger partial charge in [0.05, 0.1) is 25.1 Å². The molecule has 0 aromatic carbocycles. The first-order chi connectivity index (χ1) is 7.40. The van der Waals surface area contributed by atoms with Gasteiger partial charge in [0.2, 0.25) is 0 Å². The van der Waals surface area contributed by atoms with Crippen LogP contribution in [0.5, 0.6) is 0 Å². The average molecular weight is 208 g/mol. The molecule has 1 aromatic rings. The molecule has 0 saturated carbocycles.